The molecule has 198 valence electrons. The summed E-state index contributed by atoms with van der Waals surface area (Å²) >= 11 is 0. The van der Waals surface area contributed by atoms with Crippen molar-refractivity contribution in [2.45, 2.75) is 52.4 Å². The molecule has 0 aromatic heterocycles. The zero-order valence-corrected chi connectivity index (χ0v) is 22.6. The van der Waals surface area contributed by atoms with E-state index in [1.807, 2.05) is 12.1 Å². The molecule has 5 rings (SSSR count). The Morgan fingerprint density at radius 2 is 1.82 bits per heavy atom. The zero-order chi connectivity index (χ0) is 26.6. The molecule has 0 radical (unpaired) electrons. The van der Waals surface area contributed by atoms with E-state index in [0.29, 0.717) is 17.9 Å². The number of hydrogen-bond donors (Lipinski definition) is 1. The Morgan fingerprint density at radius 3 is 2.53 bits per heavy atom. The number of likely N-dealkylation sites (tertiary alicyclic amines) is 1. The molecule has 2 aliphatic rings. The van der Waals surface area contributed by atoms with Crippen LogP contribution in [0.4, 0.5) is 4.39 Å². The first-order valence-corrected chi connectivity index (χ1v) is 14.0. The number of rotatable bonds is 9. The lowest BCUT2D eigenvalue weighted by atomic mass is 9.84. The molecular formula is C34H38FNO2. The van der Waals surface area contributed by atoms with Crippen molar-refractivity contribution in [3.8, 4) is 0 Å². The second-order valence-corrected chi connectivity index (χ2v) is 10.9. The number of nitrogens with zero attached hydrogens (tertiary/aromatic N) is 1. The van der Waals surface area contributed by atoms with Gasteiger partial charge in [-0.05, 0) is 114 Å². The molecule has 1 saturated heterocycles. The molecular weight excluding hydrogens is 473 g/mol. The van der Waals surface area contributed by atoms with Crippen LogP contribution in [-0.2, 0) is 19.3 Å². The van der Waals surface area contributed by atoms with Crippen molar-refractivity contribution in [3.63, 3.8) is 0 Å². The van der Waals surface area contributed by atoms with Gasteiger partial charge in [-0.3, -0.25) is 4.39 Å². The van der Waals surface area contributed by atoms with E-state index in [2.05, 4.69) is 61.2 Å². The van der Waals surface area contributed by atoms with Crippen LogP contribution in [0.1, 0.15) is 75.5 Å². The Labute approximate surface area is 226 Å². The Balaban J connectivity index is 1.53. The number of carboxylic acids is 1. The molecule has 1 aliphatic carbocycles. The van der Waals surface area contributed by atoms with E-state index in [4.69, 9.17) is 0 Å². The van der Waals surface area contributed by atoms with Crippen molar-refractivity contribution in [2.24, 2.45) is 5.92 Å². The van der Waals surface area contributed by atoms with Gasteiger partial charge in [0.05, 0.1) is 12.2 Å². The summed E-state index contributed by atoms with van der Waals surface area (Å²) in [5.74, 6) is -0.235. The lowest BCUT2D eigenvalue weighted by Crippen LogP contribution is -2.47. The molecule has 0 saturated carbocycles. The molecule has 0 bridgehead atoms. The van der Waals surface area contributed by atoms with E-state index < -0.39 is 5.97 Å². The van der Waals surface area contributed by atoms with Gasteiger partial charge in [-0.25, -0.2) is 4.79 Å². The first-order chi connectivity index (χ1) is 18.5. The summed E-state index contributed by atoms with van der Waals surface area (Å²) in [6, 6.07) is 21.3. The standard InChI is InChI=1S/C34H38FNO2/c1-3-29-23(2)7-4-9-31(29)32-10-5-8-27-20-28(34(37)38)15-16-30(27)33(32)26-13-11-24(12-14-26)19-25-21-36(22-25)18-6-17-35/h4,7,9,11-16,20,25H,3,5-6,8,10,17-19,21-22H2,1-2H3,(H,37,38). The van der Waals surface area contributed by atoms with Crippen LogP contribution in [0.3, 0.4) is 0 Å². The fourth-order valence-electron chi connectivity index (χ4n) is 6.39. The molecule has 0 spiro atoms. The number of aryl methyl sites for hydroxylation is 2. The van der Waals surface area contributed by atoms with Crippen LogP contribution < -0.4 is 0 Å². The predicted molar refractivity (Wildman–Crippen MR) is 153 cm³/mol. The van der Waals surface area contributed by atoms with Crippen molar-refractivity contribution in [3.05, 3.63) is 105 Å². The Bertz CT molecular complexity index is 1340. The summed E-state index contributed by atoms with van der Waals surface area (Å²) in [6.07, 6.45) is 5.48. The zero-order valence-electron chi connectivity index (χ0n) is 22.6. The minimum atomic E-state index is -0.877. The maximum atomic E-state index is 12.5. The molecule has 1 aliphatic heterocycles. The highest BCUT2D eigenvalue weighted by Crippen LogP contribution is 2.41. The molecule has 3 nitrogen and oxygen atoms in total. The number of aromatic carboxylic acids is 1. The van der Waals surface area contributed by atoms with Crippen molar-refractivity contribution >= 4 is 17.1 Å². The van der Waals surface area contributed by atoms with Crippen LogP contribution >= 0.6 is 0 Å². The minimum absolute atomic E-state index is 0.233. The van der Waals surface area contributed by atoms with Crippen molar-refractivity contribution in [2.75, 3.05) is 26.3 Å². The molecule has 3 aromatic carbocycles. The van der Waals surface area contributed by atoms with E-state index in [0.717, 1.165) is 62.9 Å². The average Bonchev–Trinajstić information content (AvgIpc) is 3.09. The van der Waals surface area contributed by atoms with Crippen molar-refractivity contribution in [1.29, 1.82) is 0 Å². The first-order valence-electron chi connectivity index (χ1n) is 14.0. The Hall–Kier alpha value is -3.24. The molecule has 4 heteroatoms. The fraction of sp³-hybridized carbons (Fsp3) is 0.382. The fourth-order valence-corrected chi connectivity index (χ4v) is 6.39. The molecule has 0 amide bonds. The minimum Gasteiger partial charge on any atom is -0.478 e. The summed E-state index contributed by atoms with van der Waals surface area (Å²) in [7, 11) is 0. The smallest absolute Gasteiger partial charge is 0.335 e. The molecule has 0 unspecified atom stereocenters. The van der Waals surface area contributed by atoms with Gasteiger partial charge in [-0.2, -0.15) is 0 Å². The van der Waals surface area contributed by atoms with Crippen LogP contribution in [0.25, 0.3) is 11.1 Å². The number of fused-ring (bicyclic) bond motifs is 1. The summed E-state index contributed by atoms with van der Waals surface area (Å²) in [5, 5.41) is 9.62. The topological polar surface area (TPSA) is 40.5 Å². The van der Waals surface area contributed by atoms with Gasteiger partial charge in [0, 0.05) is 19.6 Å². The van der Waals surface area contributed by atoms with Gasteiger partial charge < -0.3 is 10.0 Å². The number of benzene rings is 3. The van der Waals surface area contributed by atoms with Crippen LogP contribution in [0, 0.1) is 12.8 Å². The van der Waals surface area contributed by atoms with Crippen molar-refractivity contribution in [1.82, 2.24) is 4.90 Å². The molecule has 38 heavy (non-hydrogen) atoms. The molecule has 1 fully saturated rings. The summed E-state index contributed by atoms with van der Waals surface area (Å²) < 4.78 is 12.5. The average molecular weight is 512 g/mol. The summed E-state index contributed by atoms with van der Waals surface area (Å²) in [6.45, 7) is 7.17. The second kappa shape index (κ2) is 11.7. The normalized spacial score (nSPS) is 16.2. The van der Waals surface area contributed by atoms with Gasteiger partial charge in [-0.1, -0.05) is 55.5 Å². The Kier molecular flexibility index (Phi) is 8.09. The maximum absolute atomic E-state index is 12.5. The second-order valence-electron chi connectivity index (χ2n) is 10.9. The van der Waals surface area contributed by atoms with Crippen LogP contribution in [0.15, 0.2) is 60.7 Å². The van der Waals surface area contributed by atoms with Crippen LogP contribution in [0.2, 0.25) is 0 Å². The maximum Gasteiger partial charge on any atom is 0.335 e. The van der Waals surface area contributed by atoms with Crippen LogP contribution in [-0.4, -0.2) is 42.3 Å². The van der Waals surface area contributed by atoms with E-state index in [1.165, 1.54) is 39.0 Å². The quantitative estimate of drug-likeness (QED) is 0.326. The number of carbonyl (C=O) groups is 1. The van der Waals surface area contributed by atoms with Gasteiger partial charge in [-0.15, -0.1) is 0 Å². The van der Waals surface area contributed by atoms with Gasteiger partial charge in [0.2, 0.25) is 0 Å². The summed E-state index contributed by atoms with van der Waals surface area (Å²) in [5.41, 5.74) is 11.8. The Morgan fingerprint density at radius 1 is 1.03 bits per heavy atom. The van der Waals surface area contributed by atoms with Gasteiger partial charge in [0.15, 0.2) is 0 Å². The number of halogens is 1. The molecule has 1 heterocycles. The lowest BCUT2D eigenvalue weighted by Gasteiger charge is -2.39. The van der Waals surface area contributed by atoms with E-state index in [9.17, 15) is 14.3 Å². The SMILES string of the molecule is CCc1c(C)cccc1C1=C(c2ccc(CC3CN(CCCF)C3)cc2)c2ccc(C(=O)O)cc2CCC1. The molecule has 0 atom stereocenters. The van der Waals surface area contributed by atoms with Gasteiger partial charge in [0.25, 0.3) is 0 Å². The highest BCUT2D eigenvalue weighted by atomic mass is 19.1. The highest BCUT2D eigenvalue weighted by molar-refractivity contribution is 6.01. The number of alkyl halides is 1. The predicted octanol–water partition coefficient (Wildman–Crippen LogP) is 7.38. The van der Waals surface area contributed by atoms with Crippen LogP contribution in [0.5, 0.6) is 0 Å². The van der Waals surface area contributed by atoms with Gasteiger partial charge >= 0.3 is 5.97 Å². The number of carboxylic acid groups (broad SMARTS) is 1. The molecule has 3 aromatic rings. The van der Waals surface area contributed by atoms with Gasteiger partial charge in [0.1, 0.15) is 0 Å². The lowest BCUT2D eigenvalue weighted by molar-refractivity contribution is 0.0696. The third kappa shape index (κ3) is 5.47. The number of hydrogen-bond acceptors (Lipinski definition) is 2. The first kappa shape index (κ1) is 26.4. The van der Waals surface area contributed by atoms with E-state index in [1.54, 1.807) is 6.07 Å². The van der Waals surface area contributed by atoms with E-state index in [-0.39, 0.29) is 6.67 Å². The largest absolute Gasteiger partial charge is 0.478 e. The van der Waals surface area contributed by atoms with E-state index >= 15 is 0 Å². The third-order valence-corrected chi connectivity index (χ3v) is 8.29. The third-order valence-electron chi connectivity index (χ3n) is 8.29. The molecule has 1 N–H and O–H groups in total. The monoisotopic (exact) mass is 511 g/mol. The van der Waals surface area contributed by atoms with Crippen molar-refractivity contribution < 1.29 is 14.3 Å². The summed E-state index contributed by atoms with van der Waals surface area (Å²) in [4.78, 5) is 14.1. The number of allylic oxidation sites excluding steroid dienone is 1. The highest BCUT2D eigenvalue weighted by Gasteiger charge is 2.26.